The smallest absolute Gasteiger partial charge is 0.409 e. The van der Waals surface area contributed by atoms with Gasteiger partial charge in [0.2, 0.25) is 0 Å². The molecule has 4 aliphatic carbocycles. The molecule has 3 saturated carbocycles. The van der Waals surface area contributed by atoms with Gasteiger partial charge in [0.05, 0.1) is 18.3 Å². The van der Waals surface area contributed by atoms with Crippen LogP contribution in [-0.2, 0) is 14.1 Å². The molecule has 1 aliphatic heterocycles. The van der Waals surface area contributed by atoms with Gasteiger partial charge in [-0.15, -0.1) is 0 Å². The van der Waals surface area contributed by atoms with E-state index in [9.17, 15) is 9.90 Å². The molecule has 5 rings (SSSR count). The minimum atomic E-state index is -0.771. The van der Waals surface area contributed by atoms with Crippen molar-refractivity contribution < 1.29 is 19.2 Å². The lowest BCUT2D eigenvalue weighted by Crippen LogP contribution is -2.59. The molecule has 27 heavy (non-hydrogen) atoms. The van der Waals surface area contributed by atoms with Gasteiger partial charge in [-0.3, -0.25) is 4.79 Å². The molecule has 0 aromatic rings. The summed E-state index contributed by atoms with van der Waals surface area (Å²) in [5, 5.41) is 11.8. The van der Waals surface area contributed by atoms with Gasteiger partial charge in [-0.2, -0.15) is 0 Å². The Morgan fingerprint density at radius 1 is 1.11 bits per heavy atom. The topological polar surface area (TPSA) is 55.8 Å². The second-order valence-electron chi connectivity index (χ2n) is 10.4. The van der Waals surface area contributed by atoms with Crippen LogP contribution in [-0.4, -0.2) is 36.3 Å². The van der Waals surface area contributed by atoms with Gasteiger partial charge in [0, 0.05) is 11.8 Å². The molecule has 0 amide bonds. The van der Waals surface area contributed by atoms with Crippen LogP contribution in [0.1, 0.15) is 65.2 Å². The predicted molar refractivity (Wildman–Crippen MR) is 104 cm³/mol. The van der Waals surface area contributed by atoms with Crippen molar-refractivity contribution in [3.63, 3.8) is 0 Å². The number of carbonyl (C=O) groups is 1. The summed E-state index contributed by atoms with van der Waals surface area (Å²) in [7, 11) is -0.209. The molecule has 5 heteroatoms. The zero-order chi connectivity index (χ0) is 19.0. The Kier molecular flexibility index (Phi) is 4.04. The van der Waals surface area contributed by atoms with Crippen LogP contribution in [0.4, 0.5) is 0 Å². The Bertz CT molecular complexity index is 692. The van der Waals surface area contributed by atoms with Crippen molar-refractivity contribution in [2.45, 2.75) is 83.7 Å². The van der Waals surface area contributed by atoms with E-state index in [1.165, 1.54) is 12.0 Å². The minimum Gasteiger partial charge on any atom is -0.409 e. The summed E-state index contributed by atoms with van der Waals surface area (Å²) in [5.74, 6) is 2.19. The van der Waals surface area contributed by atoms with Crippen LogP contribution in [0.15, 0.2) is 11.6 Å². The monoisotopic (exact) mass is 372 g/mol. The Labute approximate surface area is 163 Å². The Balaban J connectivity index is 1.45. The normalized spacial score (nSPS) is 52.2. The van der Waals surface area contributed by atoms with Gasteiger partial charge in [0.1, 0.15) is 0 Å². The molecule has 4 nitrogen and oxygen atoms in total. The lowest BCUT2D eigenvalue weighted by atomic mass is 9.46. The maximum Gasteiger partial charge on any atom is 0.453 e. The van der Waals surface area contributed by atoms with Crippen LogP contribution >= 0.6 is 0 Å². The molecule has 5 aliphatic rings. The van der Waals surface area contributed by atoms with E-state index in [1.807, 2.05) is 12.9 Å². The Morgan fingerprint density at radius 2 is 1.89 bits per heavy atom. The van der Waals surface area contributed by atoms with Crippen molar-refractivity contribution in [2.75, 3.05) is 6.61 Å². The molecule has 0 spiro atoms. The summed E-state index contributed by atoms with van der Waals surface area (Å²) in [5.41, 5.74) is 0.750. The average molecular weight is 372 g/mol. The third-order valence-electron chi connectivity index (χ3n) is 9.55. The van der Waals surface area contributed by atoms with Crippen LogP contribution in [0.2, 0.25) is 6.82 Å². The first-order chi connectivity index (χ1) is 12.8. The van der Waals surface area contributed by atoms with Crippen molar-refractivity contribution in [2.24, 2.45) is 28.6 Å². The van der Waals surface area contributed by atoms with E-state index >= 15 is 0 Å². The number of hydrogen-bond donors (Lipinski definition) is 1. The molecule has 1 heterocycles. The van der Waals surface area contributed by atoms with Crippen molar-refractivity contribution in [3.05, 3.63) is 11.6 Å². The van der Waals surface area contributed by atoms with Crippen LogP contribution in [0.3, 0.4) is 0 Å². The van der Waals surface area contributed by atoms with E-state index in [1.54, 1.807) is 0 Å². The highest BCUT2D eigenvalue weighted by Crippen LogP contribution is 2.68. The molecule has 148 valence electrons. The molecule has 4 fully saturated rings. The predicted octanol–water partition coefficient (Wildman–Crippen LogP) is 3.78. The average Bonchev–Trinajstić information content (AvgIpc) is 3.18. The van der Waals surface area contributed by atoms with Crippen molar-refractivity contribution in [1.29, 1.82) is 0 Å². The molecule has 0 aromatic heterocycles. The first kappa shape index (κ1) is 18.4. The summed E-state index contributed by atoms with van der Waals surface area (Å²) in [6.45, 7) is 7.18. The van der Waals surface area contributed by atoms with Crippen LogP contribution in [0, 0.1) is 28.6 Å². The summed E-state index contributed by atoms with van der Waals surface area (Å²) in [6.07, 6.45) is 9.88. The van der Waals surface area contributed by atoms with E-state index in [0.717, 1.165) is 38.5 Å². The second-order valence-corrected chi connectivity index (χ2v) is 10.4. The number of rotatable bonds is 1. The number of fused-ring (bicyclic) bond motifs is 5. The number of ketones is 1. The third-order valence-corrected chi connectivity index (χ3v) is 9.55. The molecule has 0 radical (unpaired) electrons. The SMILES string of the molecule is CB1OC[C@H]([C@@]2(O)CCC3C4CCC5=CC(=O)CC[C@]5(C)C4CC[C@@]32C)O1. The lowest BCUT2D eigenvalue weighted by Gasteiger charge is -2.59. The van der Waals surface area contributed by atoms with E-state index in [4.69, 9.17) is 9.31 Å². The number of hydrogen-bond acceptors (Lipinski definition) is 4. The number of allylic oxidation sites excluding steroid dienone is 1. The van der Waals surface area contributed by atoms with E-state index in [2.05, 4.69) is 13.8 Å². The Hall–Kier alpha value is -0.645. The van der Waals surface area contributed by atoms with Crippen LogP contribution in [0.25, 0.3) is 0 Å². The van der Waals surface area contributed by atoms with Gasteiger partial charge < -0.3 is 14.4 Å². The van der Waals surface area contributed by atoms with E-state index in [-0.39, 0.29) is 24.1 Å². The first-order valence-electron chi connectivity index (χ1n) is 11.0. The summed E-state index contributed by atoms with van der Waals surface area (Å²) in [4.78, 5) is 12.0. The standard InChI is InChI=1S/C22H33BO4/c1-20-9-6-15(24)12-14(20)4-5-16-17(20)7-10-21(2)18(16)8-11-22(21,25)19-13-26-23(3)27-19/h12,16-19,25H,4-11,13H2,1-3H3/t16?,17?,18?,19-,20+,21+,22+/m1/s1. The zero-order valence-electron chi connectivity index (χ0n) is 17.0. The fourth-order valence-electron chi connectivity index (χ4n) is 7.92. The first-order valence-corrected chi connectivity index (χ1v) is 11.0. The molecule has 0 aromatic carbocycles. The zero-order valence-corrected chi connectivity index (χ0v) is 17.0. The largest absolute Gasteiger partial charge is 0.453 e. The highest BCUT2D eigenvalue weighted by atomic mass is 16.6. The highest BCUT2D eigenvalue weighted by molar-refractivity contribution is 6.43. The third kappa shape index (κ3) is 2.37. The summed E-state index contributed by atoms with van der Waals surface area (Å²) < 4.78 is 11.6. The van der Waals surface area contributed by atoms with E-state index < -0.39 is 5.60 Å². The maximum absolute atomic E-state index is 12.0. The Morgan fingerprint density at radius 3 is 2.63 bits per heavy atom. The fourth-order valence-corrected chi connectivity index (χ4v) is 7.92. The van der Waals surface area contributed by atoms with Gasteiger partial charge >= 0.3 is 7.12 Å². The second kappa shape index (κ2) is 5.93. The fraction of sp³-hybridized carbons (Fsp3) is 0.864. The molecule has 3 unspecified atom stereocenters. The van der Waals surface area contributed by atoms with Crippen LogP contribution in [0.5, 0.6) is 0 Å². The summed E-state index contributed by atoms with van der Waals surface area (Å²) >= 11 is 0. The molecular formula is C22H33BO4. The molecule has 1 N–H and O–H groups in total. The molecular weight excluding hydrogens is 339 g/mol. The van der Waals surface area contributed by atoms with E-state index in [0.29, 0.717) is 36.6 Å². The number of carbonyl (C=O) groups excluding carboxylic acids is 1. The highest BCUT2D eigenvalue weighted by Gasteiger charge is 2.66. The molecule has 1 saturated heterocycles. The van der Waals surface area contributed by atoms with Crippen molar-refractivity contribution >= 4 is 12.9 Å². The molecule has 7 atom stereocenters. The maximum atomic E-state index is 12.0. The quantitative estimate of drug-likeness (QED) is 0.712. The molecule has 0 bridgehead atoms. The van der Waals surface area contributed by atoms with Gasteiger partial charge in [-0.05, 0) is 81.0 Å². The van der Waals surface area contributed by atoms with Crippen molar-refractivity contribution in [1.82, 2.24) is 0 Å². The summed E-state index contributed by atoms with van der Waals surface area (Å²) in [6, 6.07) is 0. The number of aliphatic hydroxyl groups is 1. The van der Waals surface area contributed by atoms with Gasteiger partial charge in [-0.1, -0.05) is 19.4 Å². The van der Waals surface area contributed by atoms with Gasteiger partial charge in [0.25, 0.3) is 0 Å². The lowest BCUT2D eigenvalue weighted by molar-refractivity contribution is -0.166. The van der Waals surface area contributed by atoms with Crippen LogP contribution < -0.4 is 0 Å². The minimum absolute atomic E-state index is 0.0890. The van der Waals surface area contributed by atoms with Gasteiger partial charge in [0.15, 0.2) is 5.78 Å². The van der Waals surface area contributed by atoms with Gasteiger partial charge in [-0.25, -0.2) is 0 Å². The van der Waals surface area contributed by atoms with Crippen molar-refractivity contribution in [3.8, 4) is 0 Å².